The smallest absolute Gasteiger partial charge is 0.0671 e. The summed E-state index contributed by atoms with van der Waals surface area (Å²) in [5.41, 5.74) is 3.33. The maximum absolute atomic E-state index is 4.33. The summed E-state index contributed by atoms with van der Waals surface area (Å²) < 4.78 is 1.98. The molecule has 2 aromatic heterocycles. The summed E-state index contributed by atoms with van der Waals surface area (Å²) in [4.78, 5) is 0. The molecule has 2 heterocycles. The maximum atomic E-state index is 4.33. The first-order chi connectivity index (χ1) is 9.36. The van der Waals surface area contributed by atoms with Gasteiger partial charge in [0.1, 0.15) is 0 Å². The van der Waals surface area contributed by atoms with E-state index in [1.54, 1.807) is 0 Å². The fourth-order valence-electron chi connectivity index (χ4n) is 2.17. The highest BCUT2D eigenvalue weighted by Crippen LogP contribution is 2.21. The Morgan fingerprint density at radius 1 is 1.32 bits per heavy atom. The Bertz CT molecular complexity index is 667. The van der Waals surface area contributed by atoms with Crippen LogP contribution in [0.5, 0.6) is 0 Å². The molecule has 0 spiro atoms. The Labute approximate surface area is 111 Å². The van der Waals surface area contributed by atoms with Gasteiger partial charge >= 0.3 is 0 Å². The summed E-state index contributed by atoms with van der Waals surface area (Å²) in [5.74, 6) is 0. The van der Waals surface area contributed by atoms with Crippen LogP contribution in [0.15, 0.2) is 36.8 Å². The molecule has 5 heteroatoms. The van der Waals surface area contributed by atoms with Crippen LogP contribution in [0.2, 0.25) is 0 Å². The van der Waals surface area contributed by atoms with Crippen molar-refractivity contribution in [2.45, 2.75) is 26.4 Å². The van der Waals surface area contributed by atoms with E-state index >= 15 is 0 Å². The number of anilines is 1. The molecule has 0 amide bonds. The van der Waals surface area contributed by atoms with Crippen molar-refractivity contribution < 1.29 is 0 Å². The molecule has 0 unspecified atom stereocenters. The van der Waals surface area contributed by atoms with Gasteiger partial charge in [-0.1, -0.05) is 13.0 Å². The molecule has 0 aliphatic carbocycles. The predicted molar refractivity (Wildman–Crippen MR) is 75.9 cm³/mol. The van der Waals surface area contributed by atoms with Gasteiger partial charge in [-0.15, -0.1) is 0 Å². The second-order valence-corrected chi connectivity index (χ2v) is 4.60. The molecular weight excluding hydrogens is 238 g/mol. The normalized spacial score (nSPS) is 11.0. The van der Waals surface area contributed by atoms with E-state index in [0.717, 1.165) is 36.1 Å². The second-order valence-electron chi connectivity index (χ2n) is 4.60. The Balaban J connectivity index is 1.73. The highest BCUT2D eigenvalue weighted by Gasteiger charge is 2.03. The lowest BCUT2D eigenvalue weighted by Crippen LogP contribution is -1.99. The van der Waals surface area contributed by atoms with Crippen LogP contribution in [0, 0.1) is 0 Å². The van der Waals surface area contributed by atoms with Gasteiger partial charge in [0.25, 0.3) is 0 Å². The Morgan fingerprint density at radius 3 is 3.16 bits per heavy atom. The lowest BCUT2D eigenvalue weighted by atomic mass is 10.2. The zero-order valence-electron chi connectivity index (χ0n) is 10.9. The Hall–Kier alpha value is -2.30. The van der Waals surface area contributed by atoms with Gasteiger partial charge in [-0.2, -0.15) is 10.2 Å². The van der Waals surface area contributed by atoms with Crippen LogP contribution >= 0.6 is 0 Å². The van der Waals surface area contributed by atoms with E-state index in [1.807, 2.05) is 29.2 Å². The van der Waals surface area contributed by atoms with Gasteiger partial charge in [0.2, 0.25) is 0 Å². The summed E-state index contributed by atoms with van der Waals surface area (Å²) in [5, 5.41) is 15.9. The minimum absolute atomic E-state index is 0.772. The molecule has 1 aromatic carbocycles. The van der Waals surface area contributed by atoms with E-state index in [2.05, 4.69) is 39.8 Å². The number of nitrogens with zero attached hydrogens (tertiary/aromatic N) is 3. The summed E-state index contributed by atoms with van der Waals surface area (Å²) in [7, 11) is 0. The van der Waals surface area contributed by atoms with E-state index in [0.29, 0.717) is 0 Å². The van der Waals surface area contributed by atoms with Crippen molar-refractivity contribution in [1.82, 2.24) is 20.0 Å². The van der Waals surface area contributed by atoms with E-state index in [-0.39, 0.29) is 0 Å². The molecule has 3 aromatic rings. The van der Waals surface area contributed by atoms with Gasteiger partial charge in [0.15, 0.2) is 0 Å². The SMILES string of the molecule is CCCn1cc(CNc2cccc3[nH]ncc23)cn1. The number of aromatic amines is 1. The zero-order chi connectivity index (χ0) is 13.1. The fourth-order valence-corrected chi connectivity index (χ4v) is 2.17. The van der Waals surface area contributed by atoms with E-state index in [9.17, 15) is 0 Å². The third-order valence-corrected chi connectivity index (χ3v) is 3.11. The zero-order valence-corrected chi connectivity index (χ0v) is 10.9. The van der Waals surface area contributed by atoms with Crippen molar-refractivity contribution >= 4 is 16.6 Å². The number of rotatable bonds is 5. The van der Waals surface area contributed by atoms with Crippen molar-refractivity contribution in [2.75, 3.05) is 5.32 Å². The van der Waals surface area contributed by atoms with Gasteiger partial charge in [0, 0.05) is 35.9 Å². The third-order valence-electron chi connectivity index (χ3n) is 3.11. The quantitative estimate of drug-likeness (QED) is 0.737. The summed E-state index contributed by atoms with van der Waals surface area (Å²) in [6.45, 7) is 3.89. The summed E-state index contributed by atoms with van der Waals surface area (Å²) in [6.07, 6.45) is 6.95. The van der Waals surface area contributed by atoms with Gasteiger partial charge in [-0.3, -0.25) is 9.78 Å². The molecule has 19 heavy (non-hydrogen) atoms. The van der Waals surface area contributed by atoms with Crippen LogP contribution in [0.3, 0.4) is 0 Å². The van der Waals surface area contributed by atoms with Crippen LogP contribution < -0.4 is 5.32 Å². The van der Waals surface area contributed by atoms with Crippen LogP contribution in [-0.2, 0) is 13.1 Å². The van der Waals surface area contributed by atoms with Crippen molar-refractivity contribution in [3.8, 4) is 0 Å². The third kappa shape index (κ3) is 2.45. The van der Waals surface area contributed by atoms with Crippen LogP contribution in [0.4, 0.5) is 5.69 Å². The molecular formula is C14H17N5. The minimum atomic E-state index is 0.772. The minimum Gasteiger partial charge on any atom is -0.380 e. The lowest BCUT2D eigenvalue weighted by molar-refractivity contribution is 0.602. The van der Waals surface area contributed by atoms with Gasteiger partial charge in [0.05, 0.1) is 17.9 Å². The number of fused-ring (bicyclic) bond motifs is 1. The summed E-state index contributed by atoms with van der Waals surface area (Å²) >= 11 is 0. The van der Waals surface area contributed by atoms with Gasteiger partial charge < -0.3 is 5.32 Å². The number of benzene rings is 1. The monoisotopic (exact) mass is 255 g/mol. The predicted octanol–water partition coefficient (Wildman–Crippen LogP) is 2.78. The standard InChI is InChI=1S/C14H17N5/c1-2-6-19-10-11(8-17-19)7-15-13-4-3-5-14-12(13)9-16-18-14/h3-5,8-10,15H,2,6-7H2,1H3,(H,16,18). The molecule has 0 saturated heterocycles. The molecule has 2 N–H and O–H groups in total. The number of aryl methyl sites for hydroxylation is 1. The van der Waals surface area contributed by atoms with Crippen molar-refractivity contribution in [3.63, 3.8) is 0 Å². The van der Waals surface area contributed by atoms with Crippen LogP contribution in [-0.4, -0.2) is 20.0 Å². The molecule has 98 valence electrons. The first-order valence-electron chi connectivity index (χ1n) is 6.54. The molecule has 0 aliphatic heterocycles. The lowest BCUT2D eigenvalue weighted by Gasteiger charge is -2.05. The maximum Gasteiger partial charge on any atom is 0.0671 e. The second kappa shape index (κ2) is 5.14. The topological polar surface area (TPSA) is 58.5 Å². The van der Waals surface area contributed by atoms with Crippen molar-refractivity contribution in [2.24, 2.45) is 0 Å². The molecule has 5 nitrogen and oxygen atoms in total. The molecule has 0 aliphatic rings. The van der Waals surface area contributed by atoms with Gasteiger partial charge in [-0.25, -0.2) is 0 Å². The molecule has 0 atom stereocenters. The van der Waals surface area contributed by atoms with E-state index < -0.39 is 0 Å². The van der Waals surface area contributed by atoms with Crippen molar-refractivity contribution in [3.05, 3.63) is 42.4 Å². The number of nitrogens with one attached hydrogen (secondary N) is 2. The van der Waals surface area contributed by atoms with E-state index in [4.69, 9.17) is 0 Å². The van der Waals surface area contributed by atoms with Crippen molar-refractivity contribution in [1.29, 1.82) is 0 Å². The Kier molecular flexibility index (Phi) is 3.18. The highest BCUT2D eigenvalue weighted by molar-refractivity contribution is 5.90. The average molecular weight is 255 g/mol. The highest BCUT2D eigenvalue weighted by atomic mass is 15.3. The first-order valence-corrected chi connectivity index (χ1v) is 6.54. The summed E-state index contributed by atoms with van der Waals surface area (Å²) in [6, 6.07) is 6.10. The van der Waals surface area contributed by atoms with Gasteiger partial charge in [-0.05, 0) is 18.6 Å². The van der Waals surface area contributed by atoms with Crippen LogP contribution in [0.1, 0.15) is 18.9 Å². The fraction of sp³-hybridized carbons (Fsp3) is 0.286. The molecule has 3 rings (SSSR count). The molecule has 0 fully saturated rings. The first kappa shape index (κ1) is 11.8. The number of H-pyrrole nitrogens is 1. The average Bonchev–Trinajstić information content (AvgIpc) is 3.05. The van der Waals surface area contributed by atoms with Crippen LogP contribution in [0.25, 0.3) is 10.9 Å². The molecule has 0 bridgehead atoms. The molecule has 0 radical (unpaired) electrons. The number of aromatic nitrogens is 4. The van der Waals surface area contributed by atoms with E-state index in [1.165, 1.54) is 5.56 Å². The largest absolute Gasteiger partial charge is 0.380 e. The Morgan fingerprint density at radius 2 is 2.26 bits per heavy atom. The number of hydrogen-bond donors (Lipinski definition) is 2. The molecule has 0 saturated carbocycles. The number of hydrogen-bond acceptors (Lipinski definition) is 3.